The minimum Gasteiger partial charge on any atom is -0.381 e. The van der Waals surface area contributed by atoms with Crippen molar-refractivity contribution in [1.82, 2.24) is 0 Å². The molecule has 3 heteroatoms. The van der Waals surface area contributed by atoms with Gasteiger partial charge in [0, 0.05) is 23.2 Å². The van der Waals surface area contributed by atoms with Gasteiger partial charge >= 0.3 is 0 Å². The Morgan fingerprint density at radius 2 is 1.84 bits per heavy atom. The lowest BCUT2D eigenvalue weighted by molar-refractivity contribution is -0.101. The maximum absolute atomic E-state index is 6.70. The van der Waals surface area contributed by atoms with Crippen LogP contribution in [0.5, 0.6) is 0 Å². The molecule has 1 aliphatic carbocycles. The van der Waals surface area contributed by atoms with Gasteiger partial charge in [-0.1, -0.05) is 57.2 Å². The van der Waals surface area contributed by atoms with Crippen molar-refractivity contribution < 1.29 is 4.74 Å². The fraction of sp³-hybridized carbons (Fsp3) is 0.727. The van der Waals surface area contributed by atoms with Gasteiger partial charge in [-0.25, -0.2) is 0 Å². The normalized spacial score (nSPS) is 32.0. The van der Waals surface area contributed by atoms with Crippen LogP contribution < -0.4 is 5.32 Å². The van der Waals surface area contributed by atoms with Crippen LogP contribution in [0.15, 0.2) is 24.3 Å². The Morgan fingerprint density at radius 3 is 2.64 bits per heavy atom. The molecule has 25 heavy (non-hydrogen) atoms. The number of fused-ring (bicyclic) bond motifs is 3. The summed E-state index contributed by atoms with van der Waals surface area (Å²) in [6, 6.07) is 9.52. The third kappa shape index (κ3) is 4.01. The Hall–Kier alpha value is -0.730. The van der Waals surface area contributed by atoms with Gasteiger partial charge in [-0.05, 0) is 44.1 Å². The number of ether oxygens (including phenoxy) is 1. The molecule has 2 heterocycles. The van der Waals surface area contributed by atoms with Crippen molar-refractivity contribution in [3.63, 3.8) is 0 Å². The van der Waals surface area contributed by atoms with Gasteiger partial charge in [0.2, 0.25) is 0 Å². The zero-order valence-electron chi connectivity index (χ0n) is 15.6. The number of benzene rings is 1. The second-order valence-electron chi connectivity index (χ2n) is 8.22. The fourth-order valence-corrected chi connectivity index (χ4v) is 5.35. The largest absolute Gasteiger partial charge is 0.381 e. The summed E-state index contributed by atoms with van der Waals surface area (Å²) in [5.41, 5.74) is 2.75. The minimum absolute atomic E-state index is 0. The number of hydrogen-bond acceptors (Lipinski definition) is 2. The minimum atomic E-state index is 0. The molecule has 1 saturated carbocycles. The summed E-state index contributed by atoms with van der Waals surface area (Å²) in [4.78, 5) is 0. The maximum Gasteiger partial charge on any atom is 0.0896 e. The van der Waals surface area contributed by atoms with Crippen LogP contribution in [0.25, 0.3) is 0 Å². The van der Waals surface area contributed by atoms with Crippen molar-refractivity contribution in [3.8, 4) is 0 Å². The Bertz CT molecular complexity index is 543. The molecule has 2 fully saturated rings. The molecule has 1 aromatic rings. The highest BCUT2D eigenvalue weighted by Gasteiger charge is 2.44. The second-order valence-corrected chi connectivity index (χ2v) is 8.22. The van der Waals surface area contributed by atoms with Crippen LogP contribution in [-0.2, 0) is 4.74 Å². The monoisotopic (exact) mass is 363 g/mol. The van der Waals surface area contributed by atoms with Crippen LogP contribution in [0.4, 0.5) is 5.69 Å². The van der Waals surface area contributed by atoms with Gasteiger partial charge in [-0.3, -0.25) is 0 Å². The van der Waals surface area contributed by atoms with Crippen LogP contribution >= 0.6 is 12.4 Å². The highest BCUT2D eigenvalue weighted by molar-refractivity contribution is 5.85. The van der Waals surface area contributed by atoms with Crippen molar-refractivity contribution in [3.05, 3.63) is 29.8 Å². The zero-order chi connectivity index (χ0) is 16.4. The summed E-state index contributed by atoms with van der Waals surface area (Å²) < 4.78 is 6.70. The Balaban J connectivity index is 0.00000182. The Kier molecular flexibility index (Phi) is 6.68. The molecule has 2 aliphatic heterocycles. The number of halogens is 1. The smallest absolute Gasteiger partial charge is 0.0896 e. The molecule has 3 aliphatic rings. The first-order valence-electron chi connectivity index (χ1n) is 10.4. The van der Waals surface area contributed by atoms with E-state index in [1.165, 1.54) is 75.5 Å². The molecule has 0 aromatic heterocycles. The molecule has 4 rings (SSSR count). The van der Waals surface area contributed by atoms with E-state index >= 15 is 0 Å². The average molecular weight is 364 g/mol. The van der Waals surface area contributed by atoms with E-state index in [9.17, 15) is 0 Å². The third-order valence-corrected chi connectivity index (χ3v) is 6.64. The van der Waals surface area contributed by atoms with Crippen LogP contribution in [0.2, 0.25) is 0 Å². The van der Waals surface area contributed by atoms with E-state index in [4.69, 9.17) is 4.74 Å². The third-order valence-electron chi connectivity index (χ3n) is 6.64. The second kappa shape index (κ2) is 8.77. The summed E-state index contributed by atoms with van der Waals surface area (Å²) in [6.07, 6.45) is 14.3. The number of hydrogen-bond donors (Lipinski definition) is 1. The highest BCUT2D eigenvalue weighted by Crippen LogP contribution is 2.49. The molecular weight excluding hydrogens is 330 g/mol. The number of rotatable bonds is 4. The van der Waals surface area contributed by atoms with E-state index in [-0.39, 0.29) is 12.4 Å². The van der Waals surface area contributed by atoms with Crippen LogP contribution in [0.3, 0.4) is 0 Å². The lowest BCUT2D eigenvalue weighted by Crippen LogP contribution is -2.47. The van der Waals surface area contributed by atoms with Crippen LogP contribution in [0, 0.1) is 11.8 Å². The maximum atomic E-state index is 6.70. The number of nitrogens with one attached hydrogen (secondary N) is 1. The van der Waals surface area contributed by atoms with Gasteiger partial charge in [-0.15, -0.1) is 12.4 Å². The molecule has 4 unspecified atom stereocenters. The van der Waals surface area contributed by atoms with Crippen molar-refractivity contribution >= 4 is 18.1 Å². The van der Waals surface area contributed by atoms with Gasteiger partial charge in [0.15, 0.2) is 0 Å². The Morgan fingerprint density at radius 1 is 1.04 bits per heavy atom. The average Bonchev–Trinajstić information content (AvgIpc) is 2.66. The molecular formula is C22H34ClNO. The first-order chi connectivity index (χ1) is 11.9. The molecule has 1 saturated heterocycles. The van der Waals surface area contributed by atoms with E-state index < -0.39 is 0 Å². The van der Waals surface area contributed by atoms with E-state index in [2.05, 4.69) is 36.5 Å². The summed E-state index contributed by atoms with van der Waals surface area (Å²) in [6.45, 7) is 2.28. The number of para-hydroxylation sites is 1. The van der Waals surface area contributed by atoms with Crippen molar-refractivity contribution in [2.45, 2.75) is 89.4 Å². The molecule has 1 aromatic carbocycles. The summed E-state index contributed by atoms with van der Waals surface area (Å²) in [7, 11) is 0. The van der Waals surface area contributed by atoms with Gasteiger partial charge < -0.3 is 10.1 Å². The molecule has 2 nitrogen and oxygen atoms in total. The zero-order valence-corrected chi connectivity index (χ0v) is 16.4. The molecule has 0 amide bonds. The molecule has 1 N–H and O–H groups in total. The van der Waals surface area contributed by atoms with Gasteiger partial charge in [0.05, 0.1) is 12.2 Å². The van der Waals surface area contributed by atoms with Crippen molar-refractivity contribution in [2.75, 3.05) is 5.32 Å². The lowest BCUT2D eigenvalue weighted by Gasteiger charge is -2.48. The van der Waals surface area contributed by atoms with Gasteiger partial charge in [0.25, 0.3) is 0 Å². The summed E-state index contributed by atoms with van der Waals surface area (Å²) in [5, 5.41) is 3.94. The molecule has 0 bridgehead atoms. The van der Waals surface area contributed by atoms with E-state index in [1.54, 1.807) is 0 Å². The lowest BCUT2D eigenvalue weighted by atomic mass is 9.70. The highest BCUT2D eigenvalue weighted by atomic mass is 35.5. The number of unbranched alkanes of at least 4 members (excludes halogenated alkanes) is 1. The standard InChI is InChI=1S/C22H33NO.ClH/c1-2-3-11-17-14-15-19-21(16-9-5-4-6-10-16)23-20-13-8-7-12-18(20)22(19)24-17;/h7-8,12-13,16-17,19,21-23H,2-6,9-11,14-15H2,1H3;1H. The fourth-order valence-electron chi connectivity index (χ4n) is 5.35. The van der Waals surface area contributed by atoms with Crippen LogP contribution in [0.1, 0.15) is 82.8 Å². The predicted octanol–water partition coefficient (Wildman–Crippen LogP) is 6.51. The van der Waals surface area contributed by atoms with E-state index in [0.29, 0.717) is 24.2 Å². The van der Waals surface area contributed by atoms with Crippen molar-refractivity contribution in [1.29, 1.82) is 0 Å². The summed E-state index contributed by atoms with van der Waals surface area (Å²) in [5.74, 6) is 1.51. The van der Waals surface area contributed by atoms with Crippen LogP contribution in [-0.4, -0.2) is 12.1 Å². The van der Waals surface area contributed by atoms with Gasteiger partial charge in [-0.2, -0.15) is 0 Å². The number of anilines is 1. The molecule has 0 radical (unpaired) electrons. The van der Waals surface area contributed by atoms with E-state index in [0.717, 1.165) is 5.92 Å². The predicted molar refractivity (Wildman–Crippen MR) is 108 cm³/mol. The molecule has 0 spiro atoms. The Labute approximate surface area is 159 Å². The SMILES string of the molecule is CCCCC1CCC2C(O1)c1ccccc1NC2C1CCCCC1.Cl. The molecule has 140 valence electrons. The van der Waals surface area contributed by atoms with Crippen molar-refractivity contribution in [2.24, 2.45) is 11.8 Å². The summed E-state index contributed by atoms with van der Waals surface area (Å²) >= 11 is 0. The molecule has 4 atom stereocenters. The first-order valence-corrected chi connectivity index (χ1v) is 10.4. The first kappa shape index (κ1) is 19.0. The topological polar surface area (TPSA) is 21.3 Å². The van der Waals surface area contributed by atoms with E-state index in [1.807, 2.05) is 0 Å². The quantitative estimate of drug-likeness (QED) is 0.658. The van der Waals surface area contributed by atoms with Gasteiger partial charge in [0.1, 0.15) is 0 Å².